The van der Waals surface area contributed by atoms with Crippen molar-refractivity contribution >= 4 is 0 Å². The van der Waals surface area contributed by atoms with E-state index in [0.717, 1.165) is 18.4 Å². The van der Waals surface area contributed by atoms with E-state index in [9.17, 15) is 9.50 Å². The van der Waals surface area contributed by atoms with E-state index in [4.69, 9.17) is 5.73 Å². The summed E-state index contributed by atoms with van der Waals surface area (Å²) in [7, 11) is 0. The lowest BCUT2D eigenvalue weighted by Crippen LogP contribution is -2.39. The third-order valence-corrected chi connectivity index (χ3v) is 3.34. The summed E-state index contributed by atoms with van der Waals surface area (Å²) >= 11 is 0. The second-order valence-electron chi connectivity index (χ2n) is 4.91. The van der Waals surface area contributed by atoms with Gasteiger partial charge >= 0.3 is 0 Å². The molecule has 0 amide bonds. The lowest BCUT2D eigenvalue weighted by Gasteiger charge is -2.36. The van der Waals surface area contributed by atoms with E-state index in [0.29, 0.717) is 18.4 Å². The van der Waals surface area contributed by atoms with Crippen molar-refractivity contribution < 1.29 is 9.50 Å². The normalized spacial score (nSPS) is 30.4. The largest absolute Gasteiger partial charge is 0.385 e. The number of rotatable bonds is 1. The minimum atomic E-state index is -0.940. The molecule has 0 aliphatic heterocycles. The van der Waals surface area contributed by atoms with Crippen LogP contribution in [0.4, 0.5) is 4.39 Å². The summed E-state index contributed by atoms with van der Waals surface area (Å²) in [6.45, 7) is 1.83. The van der Waals surface area contributed by atoms with Crippen LogP contribution in [0.3, 0.4) is 0 Å². The van der Waals surface area contributed by atoms with Gasteiger partial charge in [0.1, 0.15) is 5.82 Å². The zero-order valence-electron chi connectivity index (χ0n) is 9.54. The topological polar surface area (TPSA) is 46.2 Å². The maximum atomic E-state index is 13.3. The Morgan fingerprint density at radius 3 is 2.81 bits per heavy atom. The van der Waals surface area contributed by atoms with Gasteiger partial charge in [-0.05, 0) is 55.9 Å². The minimum absolute atomic E-state index is 0.0160. The predicted molar refractivity (Wildman–Crippen MR) is 61.5 cm³/mol. The molecule has 1 aromatic carbocycles. The van der Waals surface area contributed by atoms with E-state index in [1.165, 1.54) is 12.1 Å². The average Bonchev–Trinajstić information content (AvgIpc) is 2.15. The van der Waals surface area contributed by atoms with Crippen LogP contribution in [0.25, 0.3) is 0 Å². The van der Waals surface area contributed by atoms with Crippen molar-refractivity contribution in [2.45, 2.75) is 44.2 Å². The standard InChI is InChI=1S/C13H18FNO/c1-9-5-10(7-11(14)6-9)13(16)4-2-3-12(15)8-13/h5-7,12,16H,2-4,8,15H2,1H3. The fourth-order valence-corrected chi connectivity index (χ4v) is 2.56. The molecule has 0 aromatic heterocycles. The van der Waals surface area contributed by atoms with Crippen LogP contribution >= 0.6 is 0 Å². The summed E-state index contributed by atoms with van der Waals surface area (Å²) in [5.74, 6) is -0.289. The number of hydrogen-bond acceptors (Lipinski definition) is 2. The number of hydrogen-bond donors (Lipinski definition) is 2. The Morgan fingerprint density at radius 2 is 2.19 bits per heavy atom. The Balaban J connectivity index is 2.34. The van der Waals surface area contributed by atoms with E-state index >= 15 is 0 Å². The molecule has 1 saturated carbocycles. The zero-order valence-corrected chi connectivity index (χ0v) is 9.54. The molecular weight excluding hydrogens is 205 g/mol. The van der Waals surface area contributed by atoms with Crippen molar-refractivity contribution in [1.82, 2.24) is 0 Å². The first-order valence-corrected chi connectivity index (χ1v) is 5.75. The van der Waals surface area contributed by atoms with Gasteiger partial charge in [-0.25, -0.2) is 4.39 Å². The lowest BCUT2D eigenvalue weighted by molar-refractivity contribution is -0.00746. The van der Waals surface area contributed by atoms with Crippen LogP contribution in [0.2, 0.25) is 0 Å². The Bertz CT molecular complexity index is 373. The first-order chi connectivity index (χ1) is 7.49. The second kappa shape index (κ2) is 4.15. The van der Waals surface area contributed by atoms with Gasteiger partial charge in [-0.3, -0.25) is 0 Å². The van der Waals surface area contributed by atoms with E-state index in [-0.39, 0.29) is 11.9 Å². The summed E-state index contributed by atoms with van der Waals surface area (Å²) in [4.78, 5) is 0. The van der Waals surface area contributed by atoms with Gasteiger partial charge in [-0.15, -0.1) is 0 Å². The first kappa shape index (κ1) is 11.6. The molecule has 2 atom stereocenters. The Morgan fingerprint density at radius 1 is 1.44 bits per heavy atom. The maximum absolute atomic E-state index is 13.3. The van der Waals surface area contributed by atoms with Crippen molar-refractivity contribution in [3.63, 3.8) is 0 Å². The number of aryl methyl sites for hydroxylation is 1. The third-order valence-electron chi connectivity index (χ3n) is 3.34. The van der Waals surface area contributed by atoms with Gasteiger partial charge in [0.05, 0.1) is 5.60 Å². The molecule has 1 aliphatic carbocycles. The average molecular weight is 223 g/mol. The van der Waals surface area contributed by atoms with E-state index < -0.39 is 5.60 Å². The van der Waals surface area contributed by atoms with Gasteiger partial charge in [0.25, 0.3) is 0 Å². The summed E-state index contributed by atoms with van der Waals surface area (Å²) in [6.07, 6.45) is 3.03. The lowest BCUT2D eigenvalue weighted by atomic mass is 9.77. The molecule has 1 fully saturated rings. The van der Waals surface area contributed by atoms with Crippen LogP contribution in [0.1, 0.15) is 36.8 Å². The van der Waals surface area contributed by atoms with Gasteiger partial charge in [0.15, 0.2) is 0 Å². The van der Waals surface area contributed by atoms with Gasteiger partial charge in [0.2, 0.25) is 0 Å². The molecule has 3 N–H and O–H groups in total. The molecule has 3 heteroatoms. The van der Waals surface area contributed by atoms with Gasteiger partial charge in [-0.1, -0.05) is 6.07 Å². The zero-order chi connectivity index (χ0) is 11.8. The molecule has 0 spiro atoms. The van der Waals surface area contributed by atoms with Crippen LogP contribution in [-0.4, -0.2) is 11.1 Å². The monoisotopic (exact) mass is 223 g/mol. The minimum Gasteiger partial charge on any atom is -0.385 e. The smallest absolute Gasteiger partial charge is 0.123 e. The fourth-order valence-electron chi connectivity index (χ4n) is 2.56. The summed E-state index contributed by atoms with van der Waals surface area (Å²) in [5, 5.41) is 10.5. The van der Waals surface area contributed by atoms with E-state index in [2.05, 4.69) is 0 Å². The SMILES string of the molecule is Cc1cc(F)cc(C2(O)CCCC(N)C2)c1. The van der Waals surface area contributed by atoms with Gasteiger partial charge < -0.3 is 10.8 Å². The molecule has 16 heavy (non-hydrogen) atoms. The highest BCUT2D eigenvalue weighted by atomic mass is 19.1. The van der Waals surface area contributed by atoms with Crippen LogP contribution < -0.4 is 5.73 Å². The molecule has 0 heterocycles. The molecule has 1 aromatic rings. The second-order valence-corrected chi connectivity index (χ2v) is 4.91. The molecule has 0 bridgehead atoms. The van der Waals surface area contributed by atoms with Crippen LogP contribution in [-0.2, 0) is 5.60 Å². The molecule has 2 unspecified atom stereocenters. The molecule has 0 saturated heterocycles. The molecule has 1 aliphatic rings. The predicted octanol–water partition coefficient (Wildman–Crippen LogP) is 2.22. The van der Waals surface area contributed by atoms with Crippen LogP contribution in [0.15, 0.2) is 18.2 Å². The highest BCUT2D eigenvalue weighted by Gasteiger charge is 2.34. The number of aliphatic hydroxyl groups is 1. The maximum Gasteiger partial charge on any atom is 0.123 e. The Hall–Kier alpha value is -0.930. The highest BCUT2D eigenvalue weighted by molar-refractivity contribution is 5.29. The Labute approximate surface area is 95.3 Å². The third kappa shape index (κ3) is 2.25. The fraction of sp³-hybridized carbons (Fsp3) is 0.538. The quantitative estimate of drug-likeness (QED) is 0.767. The van der Waals surface area contributed by atoms with Gasteiger partial charge in [0, 0.05) is 6.04 Å². The number of benzene rings is 1. The van der Waals surface area contributed by atoms with Crippen LogP contribution in [0, 0.1) is 12.7 Å². The molecule has 2 nitrogen and oxygen atoms in total. The van der Waals surface area contributed by atoms with E-state index in [1.807, 2.05) is 13.0 Å². The molecule has 0 radical (unpaired) electrons. The van der Waals surface area contributed by atoms with Crippen molar-refractivity contribution in [3.8, 4) is 0 Å². The number of halogens is 1. The van der Waals surface area contributed by atoms with Gasteiger partial charge in [-0.2, -0.15) is 0 Å². The molecular formula is C13H18FNO. The van der Waals surface area contributed by atoms with Crippen molar-refractivity contribution in [2.24, 2.45) is 5.73 Å². The van der Waals surface area contributed by atoms with Crippen LogP contribution in [0.5, 0.6) is 0 Å². The highest BCUT2D eigenvalue weighted by Crippen LogP contribution is 2.37. The Kier molecular flexibility index (Phi) is 3.00. The number of nitrogens with two attached hydrogens (primary N) is 1. The van der Waals surface area contributed by atoms with Crippen molar-refractivity contribution in [3.05, 3.63) is 35.1 Å². The molecule has 2 rings (SSSR count). The van der Waals surface area contributed by atoms with Crippen molar-refractivity contribution in [1.29, 1.82) is 0 Å². The molecule has 88 valence electrons. The summed E-state index contributed by atoms with van der Waals surface area (Å²) in [5.41, 5.74) is 6.43. The van der Waals surface area contributed by atoms with E-state index in [1.54, 1.807) is 0 Å². The summed E-state index contributed by atoms with van der Waals surface area (Å²) in [6, 6.07) is 4.75. The summed E-state index contributed by atoms with van der Waals surface area (Å²) < 4.78 is 13.3. The first-order valence-electron chi connectivity index (χ1n) is 5.75. The van der Waals surface area contributed by atoms with Crippen molar-refractivity contribution in [2.75, 3.05) is 0 Å².